The summed E-state index contributed by atoms with van der Waals surface area (Å²) < 4.78 is 18.4. The van der Waals surface area contributed by atoms with Crippen LogP contribution in [0.15, 0.2) is 48.5 Å². The van der Waals surface area contributed by atoms with Crippen molar-refractivity contribution < 1.29 is 9.13 Å². The summed E-state index contributed by atoms with van der Waals surface area (Å²) in [4.78, 5) is 4.35. The number of methoxy groups -OCH3 is 1. The standard InChI is InChI=1S/C16H15FN4O/c1-22-13-7-3-4-10(9-13)14(18)16-19-15(20-21-16)11-5-2-6-12(17)8-11/h2-9,14H,18H2,1H3,(H,19,20,21)/t14-/m1/s1. The minimum absolute atomic E-state index is 0.332. The minimum Gasteiger partial charge on any atom is -0.497 e. The number of H-pyrrole nitrogens is 1. The minimum atomic E-state index is -0.468. The lowest BCUT2D eigenvalue weighted by atomic mass is 10.1. The molecule has 0 aliphatic rings. The van der Waals surface area contributed by atoms with Crippen LogP contribution >= 0.6 is 0 Å². The molecule has 2 aromatic carbocycles. The average Bonchev–Trinajstić information content (AvgIpc) is 3.04. The van der Waals surface area contributed by atoms with Crippen molar-refractivity contribution in [3.63, 3.8) is 0 Å². The second kappa shape index (κ2) is 5.95. The van der Waals surface area contributed by atoms with E-state index in [0.717, 1.165) is 11.3 Å². The van der Waals surface area contributed by atoms with Crippen molar-refractivity contribution in [2.75, 3.05) is 7.11 Å². The molecule has 0 fully saturated rings. The van der Waals surface area contributed by atoms with E-state index < -0.39 is 6.04 Å². The highest BCUT2D eigenvalue weighted by Crippen LogP contribution is 2.23. The van der Waals surface area contributed by atoms with Gasteiger partial charge < -0.3 is 10.5 Å². The van der Waals surface area contributed by atoms with Crippen LogP contribution in [-0.2, 0) is 0 Å². The lowest BCUT2D eigenvalue weighted by molar-refractivity contribution is 0.414. The van der Waals surface area contributed by atoms with Crippen LogP contribution in [-0.4, -0.2) is 22.3 Å². The molecule has 1 aromatic heterocycles. The van der Waals surface area contributed by atoms with E-state index in [4.69, 9.17) is 10.5 Å². The van der Waals surface area contributed by atoms with Crippen LogP contribution in [0.3, 0.4) is 0 Å². The van der Waals surface area contributed by atoms with Crippen molar-refractivity contribution in [3.05, 3.63) is 65.7 Å². The molecule has 3 rings (SSSR count). The molecule has 0 aliphatic carbocycles. The molecule has 0 aliphatic heterocycles. The number of aromatic amines is 1. The maximum Gasteiger partial charge on any atom is 0.181 e. The third-order valence-electron chi connectivity index (χ3n) is 3.33. The summed E-state index contributed by atoms with van der Waals surface area (Å²) in [7, 11) is 1.60. The first-order valence-corrected chi connectivity index (χ1v) is 6.75. The fraction of sp³-hybridized carbons (Fsp3) is 0.125. The zero-order valence-electron chi connectivity index (χ0n) is 12.0. The Morgan fingerprint density at radius 3 is 2.77 bits per heavy atom. The first-order valence-electron chi connectivity index (χ1n) is 6.75. The molecule has 3 aromatic rings. The molecular weight excluding hydrogens is 283 g/mol. The summed E-state index contributed by atoms with van der Waals surface area (Å²) in [6, 6.07) is 13.1. The Morgan fingerprint density at radius 2 is 2.00 bits per heavy atom. The highest BCUT2D eigenvalue weighted by atomic mass is 19.1. The van der Waals surface area contributed by atoms with Crippen LogP contribution in [0.1, 0.15) is 17.4 Å². The predicted molar refractivity (Wildman–Crippen MR) is 80.8 cm³/mol. The molecule has 0 unspecified atom stereocenters. The van der Waals surface area contributed by atoms with Crippen LogP contribution in [0, 0.1) is 5.82 Å². The zero-order chi connectivity index (χ0) is 15.5. The van der Waals surface area contributed by atoms with E-state index in [9.17, 15) is 4.39 Å². The maximum atomic E-state index is 13.3. The van der Waals surface area contributed by atoms with E-state index in [2.05, 4.69) is 15.2 Å². The molecule has 6 heteroatoms. The Hall–Kier alpha value is -2.73. The smallest absolute Gasteiger partial charge is 0.181 e. The monoisotopic (exact) mass is 298 g/mol. The van der Waals surface area contributed by atoms with E-state index in [-0.39, 0.29) is 5.82 Å². The molecule has 112 valence electrons. The van der Waals surface area contributed by atoms with E-state index in [1.54, 1.807) is 19.2 Å². The highest BCUT2D eigenvalue weighted by molar-refractivity contribution is 5.54. The summed E-state index contributed by atoms with van der Waals surface area (Å²) in [6.07, 6.45) is 0. The third-order valence-corrected chi connectivity index (χ3v) is 3.33. The lowest BCUT2D eigenvalue weighted by Crippen LogP contribution is -2.13. The van der Waals surface area contributed by atoms with Gasteiger partial charge in [-0.05, 0) is 29.8 Å². The van der Waals surface area contributed by atoms with Gasteiger partial charge in [-0.3, -0.25) is 5.10 Å². The predicted octanol–water partition coefficient (Wildman–Crippen LogP) is 2.67. The number of ether oxygens (including phenoxy) is 1. The van der Waals surface area contributed by atoms with Crippen LogP contribution in [0.4, 0.5) is 4.39 Å². The van der Waals surface area contributed by atoms with Crippen LogP contribution in [0.25, 0.3) is 11.4 Å². The molecule has 1 atom stereocenters. The summed E-state index contributed by atoms with van der Waals surface area (Å²) in [5.74, 6) is 1.30. The van der Waals surface area contributed by atoms with Crippen LogP contribution < -0.4 is 10.5 Å². The molecule has 0 saturated carbocycles. The fourth-order valence-corrected chi connectivity index (χ4v) is 2.16. The highest BCUT2D eigenvalue weighted by Gasteiger charge is 2.15. The quantitative estimate of drug-likeness (QED) is 0.776. The molecule has 3 N–H and O–H groups in total. The molecule has 1 heterocycles. The van der Waals surface area contributed by atoms with Gasteiger partial charge in [-0.1, -0.05) is 24.3 Å². The zero-order valence-corrected chi connectivity index (χ0v) is 12.0. The largest absolute Gasteiger partial charge is 0.497 e. The normalized spacial score (nSPS) is 12.1. The Kier molecular flexibility index (Phi) is 3.84. The molecular formula is C16H15FN4O. The van der Waals surface area contributed by atoms with E-state index in [1.807, 2.05) is 24.3 Å². The number of nitrogens with zero attached hydrogens (tertiary/aromatic N) is 2. The molecule has 0 amide bonds. The molecule has 22 heavy (non-hydrogen) atoms. The van der Waals surface area contributed by atoms with Gasteiger partial charge in [0.15, 0.2) is 5.82 Å². The second-order valence-electron chi connectivity index (χ2n) is 4.81. The lowest BCUT2D eigenvalue weighted by Gasteiger charge is -2.09. The number of nitrogens with two attached hydrogens (primary N) is 1. The van der Waals surface area contributed by atoms with Gasteiger partial charge in [-0.15, -0.1) is 0 Å². The van der Waals surface area contributed by atoms with Gasteiger partial charge in [0.1, 0.15) is 17.4 Å². The second-order valence-corrected chi connectivity index (χ2v) is 4.81. The Bertz CT molecular complexity index is 787. The van der Waals surface area contributed by atoms with Gasteiger partial charge in [-0.2, -0.15) is 5.10 Å². The Labute approximate surface area is 127 Å². The van der Waals surface area contributed by atoms with Crippen molar-refractivity contribution in [2.24, 2.45) is 5.73 Å². The van der Waals surface area contributed by atoms with Crippen LogP contribution in [0.5, 0.6) is 5.75 Å². The molecule has 0 radical (unpaired) electrons. The summed E-state index contributed by atoms with van der Waals surface area (Å²) in [6.45, 7) is 0. The summed E-state index contributed by atoms with van der Waals surface area (Å²) in [5.41, 5.74) is 7.64. The van der Waals surface area contributed by atoms with E-state index in [0.29, 0.717) is 17.2 Å². The number of hydrogen-bond donors (Lipinski definition) is 2. The average molecular weight is 298 g/mol. The number of hydrogen-bond acceptors (Lipinski definition) is 4. The third kappa shape index (κ3) is 2.82. The van der Waals surface area contributed by atoms with Gasteiger partial charge in [-0.25, -0.2) is 9.37 Å². The van der Waals surface area contributed by atoms with Crippen LogP contribution in [0.2, 0.25) is 0 Å². The first-order chi connectivity index (χ1) is 10.7. The Morgan fingerprint density at radius 1 is 1.18 bits per heavy atom. The summed E-state index contributed by atoms with van der Waals surface area (Å²) in [5, 5.41) is 6.91. The maximum absolute atomic E-state index is 13.3. The molecule has 0 saturated heterocycles. The fourth-order valence-electron chi connectivity index (χ4n) is 2.16. The van der Waals surface area contributed by atoms with Gasteiger partial charge in [0.25, 0.3) is 0 Å². The number of nitrogens with one attached hydrogen (secondary N) is 1. The van der Waals surface area contributed by atoms with E-state index >= 15 is 0 Å². The SMILES string of the molecule is COc1cccc([C@@H](N)c2nc(-c3cccc(F)c3)n[nH]2)c1. The first kappa shape index (κ1) is 14.2. The molecule has 0 spiro atoms. The number of halogens is 1. The topological polar surface area (TPSA) is 76.8 Å². The van der Waals surface area contributed by atoms with E-state index in [1.165, 1.54) is 12.1 Å². The Balaban J connectivity index is 1.89. The van der Waals surface area contributed by atoms with Crippen molar-refractivity contribution in [2.45, 2.75) is 6.04 Å². The van der Waals surface area contributed by atoms with Gasteiger partial charge in [0.2, 0.25) is 0 Å². The van der Waals surface area contributed by atoms with Crippen molar-refractivity contribution in [1.82, 2.24) is 15.2 Å². The van der Waals surface area contributed by atoms with Gasteiger partial charge in [0, 0.05) is 5.56 Å². The summed E-state index contributed by atoms with van der Waals surface area (Å²) >= 11 is 0. The van der Waals surface area contributed by atoms with Crippen molar-refractivity contribution in [1.29, 1.82) is 0 Å². The molecule has 0 bridgehead atoms. The number of benzene rings is 2. The number of aromatic nitrogens is 3. The van der Waals surface area contributed by atoms with Crippen molar-refractivity contribution in [3.8, 4) is 17.1 Å². The number of rotatable bonds is 4. The van der Waals surface area contributed by atoms with Gasteiger partial charge in [0.05, 0.1) is 13.2 Å². The van der Waals surface area contributed by atoms with Crippen molar-refractivity contribution >= 4 is 0 Å². The molecule has 5 nitrogen and oxygen atoms in total. The van der Waals surface area contributed by atoms with Gasteiger partial charge >= 0.3 is 0 Å².